The Hall–Kier alpha value is -1.13. The van der Waals surface area contributed by atoms with Gasteiger partial charge < -0.3 is 10.1 Å². The van der Waals surface area contributed by atoms with E-state index >= 15 is 0 Å². The Morgan fingerprint density at radius 2 is 1.83 bits per heavy atom. The molecule has 0 spiro atoms. The second kappa shape index (κ2) is 6.16. The second-order valence-electron chi connectivity index (χ2n) is 5.03. The van der Waals surface area contributed by atoms with Crippen molar-refractivity contribution in [1.82, 2.24) is 10.2 Å². The zero-order valence-electron chi connectivity index (χ0n) is 11.0. The molecule has 1 aliphatic rings. The highest BCUT2D eigenvalue weighted by molar-refractivity contribution is 5.21. The third kappa shape index (κ3) is 3.96. The Labute approximate surface area is 108 Å². The monoisotopic (exact) mass is 252 g/mol. The van der Waals surface area contributed by atoms with Gasteiger partial charge >= 0.3 is 0 Å². The van der Waals surface area contributed by atoms with E-state index in [2.05, 4.69) is 24.1 Å². The summed E-state index contributed by atoms with van der Waals surface area (Å²) in [7, 11) is 0. The third-order valence-electron chi connectivity index (χ3n) is 3.12. The Kier molecular flexibility index (Phi) is 4.55. The van der Waals surface area contributed by atoms with Crippen molar-refractivity contribution in [2.75, 3.05) is 26.2 Å². The van der Waals surface area contributed by atoms with Crippen LogP contribution in [0.4, 0.5) is 4.39 Å². The minimum atomic E-state index is -0.230. The summed E-state index contributed by atoms with van der Waals surface area (Å²) in [4.78, 5) is 2.40. The van der Waals surface area contributed by atoms with Crippen LogP contribution in [0.25, 0.3) is 0 Å². The van der Waals surface area contributed by atoms with Crippen molar-refractivity contribution >= 4 is 0 Å². The Bertz CT molecular complexity index is 359. The van der Waals surface area contributed by atoms with Crippen LogP contribution in [-0.4, -0.2) is 43.2 Å². The molecule has 0 aromatic heterocycles. The van der Waals surface area contributed by atoms with Gasteiger partial charge in [0, 0.05) is 31.7 Å². The number of halogens is 1. The predicted octanol–water partition coefficient (Wildman–Crippen LogP) is 1.89. The molecule has 1 aliphatic heterocycles. The molecule has 3 nitrogen and oxygen atoms in total. The van der Waals surface area contributed by atoms with Crippen LogP contribution in [0.15, 0.2) is 24.3 Å². The van der Waals surface area contributed by atoms with E-state index in [9.17, 15) is 4.39 Å². The van der Waals surface area contributed by atoms with Gasteiger partial charge in [-0.3, -0.25) is 4.90 Å². The van der Waals surface area contributed by atoms with Crippen LogP contribution in [0.2, 0.25) is 0 Å². The van der Waals surface area contributed by atoms with Gasteiger partial charge in [0.25, 0.3) is 0 Å². The number of piperazine rings is 1. The first-order chi connectivity index (χ1) is 8.63. The minimum absolute atomic E-state index is 0.230. The molecule has 0 amide bonds. The summed E-state index contributed by atoms with van der Waals surface area (Å²) in [6.07, 6.45) is 0. The topological polar surface area (TPSA) is 24.5 Å². The van der Waals surface area contributed by atoms with Gasteiger partial charge in [-0.15, -0.1) is 0 Å². The van der Waals surface area contributed by atoms with Crippen molar-refractivity contribution in [1.29, 1.82) is 0 Å². The fraction of sp³-hybridized carbons (Fsp3) is 0.571. The number of nitrogens with zero attached hydrogens (tertiary/aromatic N) is 1. The van der Waals surface area contributed by atoms with Gasteiger partial charge in [-0.05, 0) is 38.1 Å². The van der Waals surface area contributed by atoms with Crippen molar-refractivity contribution in [3.05, 3.63) is 30.1 Å². The van der Waals surface area contributed by atoms with Crippen LogP contribution in [0.3, 0.4) is 0 Å². The van der Waals surface area contributed by atoms with E-state index in [0.717, 1.165) is 25.4 Å². The fourth-order valence-corrected chi connectivity index (χ4v) is 2.45. The van der Waals surface area contributed by atoms with Crippen LogP contribution in [0.5, 0.6) is 5.75 Å². The SMILES string of the molecule is CC1CN(CCOc2ccc(F)cc2)CC(C)N1. The van der Waals surface area contributed by atoms with Crippen LogP contribution < -0.4 is 10.1 Å². The number of benzene rings is 1. The third-order valence-corrected chi connectivity index (χ3v) is 3.12. The van der Waals surface area contributed by atoms with Crippen molar-refractivity contribution in [2.45, 2.75) is 25.9 Å². The standard InChI is InChI=1S/C14H21FN2O/c1-11-9-17(10-12(2)16-11)7-8-18-14-5-3-13(15)4-6-14/h3-6,11-12,16H,7-10H2,1-2H3. The van der Waals surface area contributed by atoms with E-state index in [1.54, 1.807) is 12.1 Å². The Morgan fingerprint density at radius 3 is 2.44 bits per heavy atom. The number of hydrogen-bond acceptors (Lipinski definition) is 3. The lowest BCUT2D eigenvalue weighted by Crippen LogP contribution is -2.54. The average molecular weight is 252 g/mol. The molecule has 0 saturated carbocycles. The molecule has 0 aliphatic carbocycles. The summed E-state index contributed by atoms with van der Waals surface area (Å²) >= 11 is 0. The predicted molar refractivity (Wildman–Crippen MR) is 70.4 cm³/mol. The van der Waals surface area contributed by atoms with Crippen LogP contribution >= 0.6 is 0 Å². The van der Waals surface area contributed by atoms with E-state index in [4.69, 9.17) is 4.74 Å². The van der Waals surface area contributed by atoms with Crippen molar-refractivity contribution < 1.29 is 9.13 Å². The van der Waals surface area contributed by atoms with Crippen LogP contribution in [-0.2, 0) is 0 Å². The van der Waals surface area contributed by atoms with E-state index < -0.39 is 0 Å². The van der Waals surface area contributed by atoms with Crippen molar-refractivity contribution in [2.24, 2.45) is 0 Å². The molecule has 4 heteroatoms. The van der Waals surface area contributed by atoms with E-state index in [-0.39, 0.29) is 5.82 Å². The number of hydrogen-bond donors (Lipinski definition) is 1. The molecule has 1 aromatic rings. The quantitative estimate of drug-likeness (QED) is 0.885. The first-order valence-corrected chi connectivity index (χ1v) is 6.50. The van der Waals surface area contributed by atoms with E-state index in [1.165, 1.54) is 12.1 Å². The molecule has 18 heavy (non-hydrogen) atoms. The maximum atomic E-state index is 12.7. The largest absolute Gasteiger partial charge is 0.492 e. The molecule has 1 saturated heterocycles. The number of ether oxygens (including phenoxy) is 1. The fourth-order valence-electron chi connectivity index (χ4n) is 2.45. The van der Waals surface area contributed by atoms with Gasteiger partial charge in [0.15, 0.2) is 0 Å². The van der Waals surface area contributed by atoms with Gasteiger partial charge in [-0.2, -0.15) is 0 Å². The van der Waals surface area contributed by atoms with Crippen molar-refractivity contribution in [3.8, 4) is 5.75 Å². The summed E-state index contributed by atoms with van der Waals surface area (Å²) in [5, 5.41) is 3.50. The summed E-state index contributed by atoms with van der Waals surface area (Å²) in [5.41, 5.74) is 0. The minimum Gasteiger partial charge on any atom is -0.492 e. The Morgan fingerprint density at radius 1 is 1.22 bits per heavy atom. The molecule has 0 bridgehead atoms. The zero-order valence-corrected chi connectivity index (χ0v) is 11.0. The van der Waals surface area contributed by atoms with Gasteiger partial charge in [0.05, 0.1) is 0 Å². The summed E-state index contributed by atoms with van der Waals surface area (Å²) in [5.74, 6) is 0.500. The molecule has 1 heterocycles. The average Bonchev–Trinajstić information content (AvgIpc) is 2.30. The lowest BCUT2D eigenvalue weighted by atomic mass is 10.1. The van der Waals surface area contributed by atoms with Crippen molar-refractivity contribution in [3.63, 3.8) is 0 Å². The maximum Gasteiger partial charge on any atom is 0.123 e. The molecular weight excluding hydrogens is 231 g/mol. The highest BCUT2D eigenvalue weighted by atomic mass is 19.1. The normalized spacial score (nSPS) is 25.1. The molecule has 2 unspecified atom stereocenters. The molecular formula is C14H21FN2O. The first-order valence-electron chi connectivity index (χ1n) is 6.50. The first kappa shape index (κ1) is 13.3. The highest BCUT2D eigenvalue weighted by Gasteiger charge is 2.20. The maximum absolute atomic E-state index is 12.7. The number of rotatable bonds is 4. The molecule has 100 valence electrons. The summed E-state index contributed by atoms with van der Waals surface area (Å²) in [6.45, 7) is 8.06. The van der Waals surface area contributed by atoms with E-state index in [0.29, 0.717) is 18.7 Å². The van der Waals surface area contributed by atoms with E-state index in [1.807, 2.05) is 0 Å². The van der Waals surface area contributed by atoms with Gasteiger partial charge in [0.2, 0.25) is 0 Å². The lowest BCUT2D eigenvalue weighted by molar-refractivity contribution is 0.146. The smallest absolute Gasteiger partial charge is 0.123 e. The molecule has 1 aromatic carbocycles. The Balaban J connectivity index is 1.73. The molecule has 2 atom stereocenters. The molecule has 0 radical (unpaired) electrons. The van der Waals surface area contributed by atoms with Crippen LogP contribution in [0.1, 0.15) is 13.8 Å². The summed E-state index contributed by atoms with van der Waals surface area (Å²) in [6, 6.07) is 7.23. The molecule has 2 rings (SSSR count). The lowest BCUT2D eigenvalue weighted by Gasteiger charge is -2.35. The van der Waals surface area contributed by atoms with Gasteiger partial charge in [-0.25, -0.2) is 4.39 Å². The molecule has 1 fully saturated rings. The highest BCUT2D eigenvalue weighted by Crippen LogP contribution is 2.11. The second-order valence-corrected chi connectivity index (χ2v) is 5.03. The molecule has 1 N–H and O–H groups in total. The zero-order chi connectivity index (χ0) is 13.0. The van der Waals surface area contributed by atoms with Gasteiger partial charge in [-0.1, -0.05) is 0 Å². The summed E-state index contributed by atoms with van der Waals surface area (Å²) < 4.78 is 18.3. The van der Waals surface area contributed by atoms with Gasteiger partial charge in [0.1, 0.15) is 18.2 Å². The number of nitrogens with one attached hydrogen (secondary N) is 1. The van der Waals surface area contributed by atoms with Crippen LogP contribution in [0, 0.1) is 5.82 Å².